The minimum Gasteiger partial charge on any atom is -0.324 e. The van der Waals surface area contributed by atoms with Crippen LogP contribution in [0.4, 0.5) is 5.69 Å². The van der Waals surface area contributed by atoms with Crippen molar-refractivity contribution in [2.24, 2.45) is 0 Å². The average Bonchev–Trinajstić information content (AvgIpc) is 2.48. The zero-order valence-corrected chi connectivity index (χ0v) is 14.8. The molecule has 0 atom stereocenters. The summed E-state index contributed by atoms with van der Waals surface area (Å²) in [5, 5.41) is 6.50. The zero-order chi connectivity index (χ0) is 15.6. The molecule has 0 spiro atoms. The van der Waals surface area contributed by atoms with Gasteiger partial charge in [-0.3, -0.25) is 9.69 Å². The summed E-state index contributed by atoms with van der Waals surface area (Å²) in [7, 11) is 3.98. The molecule has 116 valence electrons. The number of amides is 1. The second-order valence-corrected chi connectivity index (χ2v) is 6.85. The van der Waals surface area contributed by atoms with Gasteiger partial charge in [-0.15, -0.1) is 0 Å². The van der Waals surface area contributed by atoms with E-state index in [9.17, 15) is 4.79 Å². The van der Waals surface area contributed by atoms with Gasteiger partial charge in [0.1, 0.15) is 5.54 Å². The molecule has 0 aliphatic carbocycles. The number of nitrogens with zero attached hydrogens (tertiary/aromatic N) is 1. The first kappa shape index (κ1) is 16.5. The molecule has 0 aromatic heterocycles. The summed E-state index contributed by atoms with van der Waals surface area (Å²) < 4.78 is 1.02. The minimum absolute atomic E-state index is 0.0956. The number of hydrogen-bond donors (Lipinski definition) is 2. The minimum atomic E-state index is -0.424. The highest BCUT2D eigenvalue weighted by Crippen LogP contribution is 2.31. The van der Waals surface area contributed by atoms with Gasteiger partial charge in [0.05, 0.1) is 0 Å². The molecule has 1 heterocycles. The van der Waals surface area contributed by atoms with Crippen LogP contribution in [0.5, 0.6) is 0 Å². The van der Waals surface area contributed by atoms with Crippen LogP contribution in [-0.4, -0.2) is 43.5 Å². The van der Waals surface area contributed by atoms with Crippen LogP contribution in [0.3, 0.4) is 0 Å². The molecule has 5 heteroatoms. The van der Waals surface area contributed by atoms with E-state index < -0.39 is 5.54 Å². The Kier molecular flexibility index (Phi) is 5.07. The molecular weight excluding hydrogens is 330 g/mol. The molecule has 2 rings (SSSR count). The fourth-order valence-electron chi connectivity index (χ4n) is 2.96. The van der Waals surface area contributed by atoms with Gasteiger partial charge in [-0.25, -0.2) is 0 Å². The molecule has 0 bridgehead atoms. The van der Waals surface area contributed by atoms with Gasteiger partial charge in [0, 0.05) is 10.2 Å². The Balaban J connectivity index is 2.30. The van der Waals surface area contributed by atoms with Gasteiger partial charge in [-0.2, -0.15) is 0 Å². The summed E-state index contributed by atoms with van der Waals surface area (Å²) in [6.45, 7) is 5.81. The topological polar surface area (TPSA) is 44.4 Å². The third-order valence-electron chi connectivity index (χ3n) is 4.56. The molecule has 1 amide bonds. The Bertz CT molecular complexity index is 537. The van der Waals surface area contributed by atoms with Gasteiger partial charge in [0.2, 0.25) is 5.91 Å². The van der Waals surface area contributed by atoms with Gasteiger partial charge in [-0.05, 0) is 71.1 Å². The van der Waals surface area contributed by atoms with E-state index in [-0.39, 0.29) is 5.91 Å². The van der Waals surface area contributed by atoms with Gasteiger partial charge in [-0.1, -0.05) is 22.0 Å². The maximum absolute atomic E-state index is 13.0. The third kappa shape index (κ3) is 3.15. The second kappa shape index (κ2) is 6.46. The summed E-state index contributed by atoms with van der Waals surface area (Å²) in [6.07, 6.45) is 1.66. The van der Waals surface area contributed by atoms with Gasteiger partial charge in [0.15, 0.2) is 0 Å². The molecule has 1 fully saturated rings. The Morgan fingerprint density at radius 2 is 1.90 bits per heavy atom. The first-order chi connectivity index (χ1) is 9.88. The van der Waals surface area contributed by atoms with E-state index in [1.807, 2.05) is 40.1 Å². The van der Waals surface area contributed by atoms with Gasteiger partial charge < -0.3 is 10.6 Å². The van der Waals surface area contributed by atoms with Crippen molar-refractivity contribution < 1.29 is 4.79 Å². The molecule has 1 aromatic carbocycles. The number of carbonyl (C=O) groups is 1. The molecular formula is C16H24BrN3O. The van der Waals surface area contributed by atoms with Gasteiger partial charge in [0.25, 0.3) is 0 Å². The average molecular weight is 354 g/mol. The lowest BCUT2D eigenvalue weighted by molar-refractivity contribution is -0.128. The predicted molar refractivity (Wildman–Crippen MR) is 90.8 cm³/mol. The Labute approximate surface area is 135 Å². The van der Waals surface area contributed by atoms with Gasteiger partial charge >= 0.3 is 0 Å². The Morgan fingerprint density at radius 3 is 2.48 bits per heavy atom. The van der Waals surface area contributed by atoms with Crippen molar-refractivity contribution in [2.45, 2.75) is 32.2 Å². The summed E-state index contributed by atoms with van der Waals surface area (Å²) in [5.41, 5.74) is 2.67. The molecule has 21 heavy (non-hydrogen) atoms. The van der Waals surface area contributed by atoms with Crippen molar-refractivity contribution in [3.05, 3.63) is 27.7 Å². The third-order valence-corrected chi connectivity index (χ3v) is 5.41. The van der Waals surface area contributed by atoms with Crippen LogP contribution in [0, 0.1) is 13.8 Å². The van der Waals surface area contributed by atoms with Crippen molar-refractivity contribution in [1.82, 2.24) is 10.2 Å². The van der Waals surface area contributed by atoms with Crippen LogP contribution >= 0.6 is 15.9 Å². The van der Waals surface area contributed by atoms with Crippen molar-refractivity contribution in [1.29, 1.82) is 0 Å². The van der Waals surface area contributed by atoms with Crippen LogP contribution in [0.1, 0.15) is 24.0 Å². The quantitative estimate of drug-likeness (QED) is 0.877. The molecule has 0 unspecified atom stereocenters. The highest BCUT2D eigenvalue weighted by molar-refractivity contribution is 9.10. The van der Waals surface area contributed by atoms with Crippen LogP contribution in [0.15, 0.2) is 16.6 Å². The molecule has 0 saturated carbocycles. The lowest BCUT2D eigenvalue weighted by atomic mass is 9.86. The van der Waals surface area contributed by atoms with E-state index in [0.717, 1.165) is 47.2 Å². The first-order valence-electron chi connectivity index (χ1n) is 7.34. The monoisotopic (exact) mass is 353 g/mol. The van der Waals surface area contributed by atoms with Crippen LogP contribution in [-0.2, 0) is 4.79 Å². The fraction of sp³-hybridized carbons (Fsp3) is 0.562. The number of anilines is 1. The number of benzene rings is 1. The van der Waals surface area contributed by atoms with Crippen molar-refractivity contribution in [2.75, 3.05) is 32.5 Å². The molecule has 1 aliphatic heterocycles. The molecule has 2 N–H and O–H groups in total. The van der Waals surface area contributed by atoms with Crippen molar-refractivity contribution >= 4 is 27.5 Å². The van der Waals surface area contributed by atoms with Crippen molar-refractivity contribution in [3.8, 4) is 0 Å². The summed E-state index contributed by atoms with van der Waals surface area (Å²) >= 11 is 3.54. The second-order valence-electron chi connectivity index (χ2n) is 5.99. The van der Waals surface area contributed by atoms with E-state index in [1.165, 1.54) is 0 Å². The summed E-state index contributed by atoms with van der Waals surface area (Å²) in [5.74, 6) is 0.0956. The fourth-order valence-corrected chi connectivity index (χ4v) is 3.29. The predicted octanol–water partition coefficient (Wildman–Crippen LogP) is 2.69. The number of carbonyl (C=O) groups excluding carboxylic acids is 1. The highest BCUT2D eigenvalue weighted by Gasteiger charge is 2.41. The lowest BCUT2D eigenvalue weighted by Gasteiger charge is -2.41. The summed E-state index contributed by atoms with van der Waals surface area (Å²) in [4.78, 5) is 15.0. The van der Waals surface area contributed by atoms with E-state index in [2.05, 4.69) is 31.5 Å². The molecule has 1 saturated heterocycles. The standard InChI is InChI=1S/C16H24BrN3O/c1-11-5-6-13(17)12(2)14(11)19-15(21)16(20(3)4)7-9-18-10-8-16/h5-6,18H,7-10H2,1-4H3,(H,19,21). The Hall–Kier alpha value is -0.910. The SMILES string of the molecule is Cc1ccc(Br)c(C)c1NC(=O)C1(N(C)C)CCNCC1. The van der Waals surface area contributed by atoms with E-state index in [4.69, 9.17) is 0 Å². The number of halogens is 1. The van der Waals surface area contributed by atoms with E-state index in [0.29, 0.717) is 0 Å². The number of hydrogen-bond acceptors (Lipinski definition) is 3. The number of likely N-dealkylation sites (N-methyl/N-ethyl adjacent to an activating group) is 1. The van der Waals surface area contributed by atoms with Crippen LogP contribution < -0.4 is 10.6 Å². The molecule has 1 aromatic rings. The highest BCUT2D eigenvalue weighted by atomic mass is 79.9. The number of nitrogens with one attached hydrogen (secondary N) is 2. The van der Waals surface area contributed by atoms with Crippen molar-refractivity contribution in [3.63, 3.8) is 0 Å². The van der Waals surface area contributed by atoms with E-state index in [1.54, 1.807) is 0 Å². The maximum Gasteiger partial charge on any atom is 0.244 e. The number of rotatable bonds is 3. The number of piperidine rings is 1. The smallest absolute Gasteiger partial charge is 0.244 e. The summed E-state index contributed by atoms with van der Waals surface area (Å²) in [6, 6.07) is 4.05. The Morgan fingerprint density at radius 1 is 1.29 bits per heavy atom. The van der Waals surface area contributed by atoms with Crippen LogP contribution in [0.2, 0.25) is 0 Å². The normalized spacial score (nSPS) is 17.8. The maximum atomic E-state index is 13.0. The number of aryl methyl sites for hydroxylation is 1. The first-order valence-corrected chi connectivity index (χ1v) is 8.13. The molecule has 0 radical (unpaired) electrons. The molecule has 1 aliphatic rings. The van der Waals surface area contributed by atoms with Crippen LogP contribution in [0.25, 0.3) is 0 Å². The lowest BCUT2D eigenvalue weighted by Crippen LogP contribution is -2.59. The molecule has 4 nitrogen and oxygen atoms in total. The largest absolute Gasteiger partial charge is 0.324 e. The zero-order valence-electron chi connectivity index (χ0n) is 13.2. The van der Waals surface area contributed by atoms with E-state index >= 15 is 0 Å².